The molecule has 1 aliphatic carbocycles. The van der Waals surface area contributed by atoms with Crippen LogP contribution in [0.2, 0.25) is 0 Å². The maximum Gasteiger partial charge on any atom is -0.0125 e. The molecule has 1 fully saturated rings. The molecule has 1 saturated carbocycles. The SMILES string of the molecule is CCCCC=C1CC1Cc1ccccc1. The molecule has 80 valence electrons. The third-order valence-corrected chi connectivity index (χ3v) is 3.14. The van der Waals surface area contributed by atoms with Crippen molar-refractivity contribution in [2.75, 3.05) is 0 Å². The first-order valence-electron chi connectivity index (χ1n) is 6.13. The summed E-state index contributed by atoms with van der Waals surface area (Å²) in [4.78, 5) is 0. The van der Waals surface area contributed by atoms with Crippen LogP contribution in [0.25, 0.3) is 0 Å². The van der Waals surface area contributed by atoms with E-state index in [0.29, 0.717) is 0 Å². The molecule has 0 radical (unpaired) electrons. The van der Waals surface area contributed by atoms with Crippen LogP contribution in [0.4, 0.5) is 0 Å². The Morgan fingerprint density at radius 1 is 1.27 bits per heavy atom. The van der Waals surface area contributed by atoms with Gasteiger partial charge in [0.2, 0.25) is 0 Å². The molecule has 1 aromatic carbocycles. The van der Waals surface area contributed by atoms with Crippen molar-refractivity contribution in [3.05, 3.63) is 47.5 Å². The van der Waals surface area contributed by atoms with Crippen LogP contribution in [0.3, 0.4) is 0 Å². The average molecular weight is 200 g/mol. The van der Waals surface area contributed by atoms with Crippen LogP contribution in [-0.2, 0) is 6.42 Å². The van der Waals surface area contributed by atoms with Gasteiger partial charge < -0.3 is 0 Å². The third-order valence-electron chi connectivity index (χ3n) is 3.14. The van der Waals surface area contributed by atoms with Crippen molar-refractivity contribution in [3.63, 3.8) is 0 Å². The van der Waals surface area contributed by atoms with Crippen molar-refractivity contribution in [2.45, 2.75) is 39.0 Å². The highest BCUT2D eigenvalue weighted by Gasteiger charge is 2.28. The van der Waals surface area contributed by atoms with Gasteiger partial charge in [-0.15, -0.1) is 0 Å². The van der Waals surface area contributed by atoms with Crippen LogP contribution >= 0.6 is 0 Å². The fourth-order valence-corrected chi connectivity index (χ4v) is 2.07. The minimum Gasteiger partial charge on any atom is -0.0850 e. The highest BCUT2D eigenvalue weighted by molar-refractivity contribution is 5.28. The molecule has 1 unspecified atom stereocenters. The molecule has 0 aliphatic heterocycles. The highest BCUT2D eigenvalue weighted by atomic mass is 14.3. The Hall–Kier alpha value is -1.04. The summed E-state index contributed by atoms with van der Waals surface area (Å²) < 4.78 is 0. The lowest BCUT2D eigenvalue weighted by atomic mass is 10.1. The van der Waals surface area contributed by atoms with Crippen molar-refractivity contribution < 1.29 is 0 Å². The predicted molar refractivity (Wildman–Crippen MR) is 65.9 cm³/mol. The van der Waals surface area contributed by atoms with Crippen molar-refractivity contribution in [1.29, 1.82) is 0 Å². The molecule has 0 N–H and O–H groups in total. The average Bonchev–Trinajstić information content (AvgIpc) is 2.99. The fourth-order valence-electron chi connectivity index (χ4n) is 2.07. The Balaban J connectivity index is 1.78. The molecule has 0 aromatic heterocycles. The van der Waals surface area contributed by atoms with E-state index in [-0.39, 0.29) is 0 Å². The van der Waals surface area contributed by atoms with Crippen LogP contribution in [0.1, 0.15) is 38.2 Å². The van der Waals surface area contributed by atoms with E-state index in [1.54, 1.807) is 5.57 Å². The van der Waals surface area contributed by atoms with E-state index in [4.69, 9.17) is 0 Å². The Morgan fingerprint density at radius 2 is 2.07 bits per heavy atom. The van der Waals surface area contributed by atoms with Gasteiger partial charge in [0.1, 0.15) is 0 Å². The Bertz CT molecular complexity index is 321. The number of benzene rings is 1. The number of rotatable bonds is 5. The molecule has 0 heterocycles. The molecular weight excluding hydrogens is 180 g/mol. The maximum absolute atomic E-state index is 2.47. The predicted octanol–water partition coefficient (Wildman–Crippen LogP) is 4.37. The molecule has 1 atom stereocenters. The zero-order valence-electron chi connectivity index (χ0n) is 9.58. The summed E-state index contributed by atoms with van der Waals surface area (Å²) in [5, 5.41) is 0. The largest absolute Gasteiger partial charge is 0.0850 e. The van der Waals surface area contributed by atoms with E-state index in [0.717, 1.165) is 5.92 Å². The highest BCUT2D eigenvalue weighted by Crippen LogP contribution is 2.40. The lowest BCUT2D eigenvalue weighted by molar-refractivity contribution is 0.808. The molecule has 0 heteroatoms. The van der Waals surface area contributed by atoms with Gasteiger partial charge in [-0.05, 0) is 30.7 Å². The second-order valence-electron chi connectivity index (χ2n) is 4.51. The second kappa shape index (κ2) is 5.16. The molecule has 15 heavy (non-hydrogen) atoms. The summed E-state index contributed by atoms with van der Waals surface area (Å²) in [5.74, 6) is 0.865. The number of unbranched alkanes of at least 4 members (excludes halogenated alkanes) is 2. The van der Waals surface area contributed by atoms with Crippen LogP contribution in [0, 0.1) is 5.92 Å². The summed E-state index contributed by atoms with van der Waals surface area (Å²) in [6, 6.07) is 10.8. The number of hydrogen-bond donors (Lipinski definition) is 0. The van der Waals surface area contributed by atoms with E-state index < -0.39 is 0 Å². The van der Waals surface area contributed by atoms with Gasteiger partial charge in [-0.3, -0.25) is 0 Å². The monoisotopic (exact) mass is 200 g/mol. The number of hydrogen-bond acceptors (Lipinski definition) is 0. The number of allylic oxidation sites excluding steroid dienone is 2. The van der Waals surface area contributed by atoms with Crippen molar-refractivity contribution in [3.8, 4) is 0 Å². The van der Waals surface area contributed by atoms with E-state index in [1.165, 1.54) is 37.7 Å². The van der Waals surface area contributed by atoms with Gasteiger partial charge in [-0.25, -0.2) is 0 Å². The van der Waals surface area contributed by atoms with E-state index in [9.17, 15) is 0 Å². The summed E-state index contributed by atoms with van der Waals surface area (Å²) in [7, 11) is 0. The molecule has 2 rings (SSSR count). The quantitative estimate of drug-likeness (QED) is 0.489. The van der Waals surface area contributed by atoms with Crippen LogP contribution in [0.15, 0.2) is 42.0 Å². The first-order valence-corrected chi connectivity index (χ1v) is 6.13. The van der Waals surface area contributed by atoms with Crippen LogP contribution < -0.4 is 0 Å². The molecule has 1 aromatic rings. The first kappa shape index (κ1) is 10.5. The van der Waals surface area contributed by atoms with Crippen molar-refractivity contribution in [2.24, 2.45) is 5.92 Å². The Morgan fingerprint density at radius 3 is 2.80 bits per heavy atom. The van der Waals surface area contributed by atoms with Gasteiger partial charge in [0.05, 0.1) is 0 Å². The minimum atomic E-state index is 0.865. The van der Waals surface area contributed by atoms with Crippen LogP contribution in [0.5, 0.6) is 0 Å². The summed E-state index contributed by atoms with van der Waals surface area (Å²) in [6.07, 6.45) is 9.01. The third kappa shape index (κ3) is 3.23. The molecular formula is C15H20. The second-order valence-corrected chi connectivity index (χ2v) is 4.51. The standard InChI is InChI=1S/C15H20/c1-2-3-5-10-14-12-15(14)11-13-8-6-4-7-9-13/h4,6-10,15H,2-3,5,11-12H2,1H3. The molecule has 0 nitrogen and oxygen atoms in total. The van der Waals surface area contributed by atoms with Gasteiger partial charge >= 0.3 is 0 Å². The minimum absolute atomic E-state index is 0.865. The van der Waals surface area contributed by atoms with Crippen molar-refractivity contribution in [1.82, 2.24) is 0 Å². The molecule has 0 saturated heterocycles. The van der Waals surface area contributed by atoms with Gasteiger partial charge in [-0.2, -0.15) is 0 Å². The van der Waals surface area contributed by atoms with Crippen LogP contribution in [-0.4, -0.2) is 0 Å². The zero-order valence-corrected chi connectivity index (χ0v) is 9.58. The molecule has 0 amide bonds. The summed E-state index contributed by atoms with van der Waals surface area (Å²) >= 11 is 0. The van der Waals surface area contributed by atoms with Crippen molar-refractivity contribution >= 4 is 0 Å². The summed E-state index contributed by atoms with van der Waals surface area (Å²) in [6.45, 7) is 2.26. The lowest BCUT2D eigenvalue weighted by Gasteiger charge is -1.96. The topological polar surface area (TPSA) is 0 Å². The normalized spacial score (nSPS) is 21.9. The smallest absolute Gasteiger partial charge is 0.0125 e. The van der Waals surface area contributed by atoms with Gasteiger partial charge in [0.25, 0.3) is 0 Å². The Kier molecular flexibility index (Phi) is 3.60. The van der Waals surface area contributed by atoms with Gasteiger partial charge in [0.15, 0.2) is 0 Å². The first-order chi connectivity index (χ1) is 7.40. The van der Waals surface area contributed by atoms with Gasteiger partial charge in [0, 0.05) is 0 Å². The Labute approximate surface area is 93.0 Å². The lowest BCUT2D eigenvalue weighted by Crippen LogP contribution is -1.85. The summed E-state index contributed by atoms with van der Waals surface area (Å²) in [5.41, 5.74) is 3.19. The maximum atomic E-state index is 2.47. The van der Waals surface area contributed by atoms with E-state index in [2.05, 4.69) is 43.3 Å². The fraction of sp³-hybridized carbons (Fsp3) is 0.467. The zero-order chi connectivity index (χ0) is 10.5. The van der Waals surface area contributed by atoms with E-state index >= 15 is 0 Å². The molecule has 0 spiro atoms. The molecule has 0 bridgehead atoms. The van der Waals surface area contributed by atoms with Gasteiger partial charge in [-0.1, -0.05) is 61.7 Å². The van der Waals surface area contributed by atoms with E-state index in [1.807, 2.05) is 0 Å². The molecule has 1 aliphatic rings.